The van der Waals surface area contributed by atoms with Crippen molar-refractivity contribution in [3.63, 3.8) is 0 Å². The maximum Gasteiger partial charge on any atom is 0.282 e. The quantitative estimate of drug-likeness (QED) is 0.153. The van der Waals surface area contributed by atoms with Crippen LogP contribution in [0.2, 0.25) is 5.02 Å². The van der Waals surface area contributed by atoms with E-state index in [9.17, 15) is 4.79 Å². The molecule has 0 aliphatic carbocycles. The molecule has 0 saturated carbocycles. The molecule has 4 rings (SSSR count). The summed E-state index contributed by atoms with van der Waals surface area (Å²) >= 11 is 11.6. The van der Waals surface area contributed by atoms with Gasteiger partial charge >= 0.3 is 0 Å². The van der Waals surface area contributed by atoms with Crippen molar-refractivity contribution in [2.75, 3.05) is 7.11 Å². The molecule has 1 aromatic heterocycles. The van der Waals surface area contributed by atoms with Gasteiger partial charge in [-0.15, -0.1) is 0 Å². The van der Waals surface area contributed by atoms with Crippen molar-refractivity contribution >= 4 is 67.2 Å². The van der Waals surface area contributed by atoms with Gasteiger partial charge in [-0.2, -0.15) is 9.78 Å². The van der Waals surface area contributed by atoms with Crippen LogP contribution in [0.5, 0.6) is 11.5 Å². The lowest BCUT2D eigenvalue weighted by Gasteiger charge is -2.14. The van der Waals surface area contributed by atoms with Gasteiger partial charge in [0.05, 0.1) is 27.8 Å². The van der Waals surface area contributed by atoms with Crippen molar-refractivity contribution < 1.29 is 9.47 Å². The number of nitrogens with zero attached hydrogens (tertiary/aromatic N) is 3. The first-order valence-corrected chi connectivity index (χ1v) is 13.1. The number of hydrogen-bond acceptors (Lipinski definition) is 5. The largest absolute Gasteiger partial charge is 0.493 e. The van der Waals surface area contributed by atoms with Crippen LogP contribution < -0.4 is 15.0 Å². The normalized spacial score (nSPS) is 11.3. The van der Waals surface area contributed by atoms with Crippen LogP contribution in [-0.4, -0.2) is 23.0 Å². The van der Waals surface area contributed by atoms with Gasteiger partial charge in [-0.05, 0) is 82.6 Å². The van der Waals surface area contributed by atoms with E-state index in [0.29, 0.717) is 46.3 Å². The second-order valence-corrected chi connectivity index (χ2v) is 10.3. The lowest BCUT2D eigenvalue weighted by atomic mass is 10.2. The molecule has 35 heavy (non-hydrogen) atoms. The third-order valence-corrected chi connectivity index (χ3v) is 6.77. The lowest BCUT2D eigenvalue weighted by Crippen LogP contribution is -2.22. The Labute approximate surface area is 230 Å². The SMILES string of the molecule is CCCc1nc2ccc(Br)cc2c(=O)n1N=Cc1cc(I)c(OCc2ccc(Cl)cc2)c(OC)c1. The number of methoxy groups -OCH3 is 1. The average molecular weight is 667 g/mol. The van der Waals surface area contributed by atoms with E-state index in [2.05, 4.69) is 48.6 Å². The molecule has 0 N–H and O–H groups in total. The molecule has 9 heteroatoms. The average Bonchev–Trinajstić information content (AvgIpc) is 2.84. The lowest BCUT2D eigenvalue weighted by molar-refractivity contribution is 0.282. The fourth-order valence-electron chi connectivity index (χ4n) is 3.51. The minimum absolute atomic E-state index is 0.208. The number of hydrogen-bond donors (Lipinski definition) is 0. The summed E-state index contributed by atoms with van der Waals surface area (Å²) in [7, 11) is 1.59. The molecule has 1 heterocycles. The molecule has 0 unspecified atom stereocenters. The van der Waals surface area contributed by atoms with Gasteiger partial charge in [-0.1, -0.05) is 46.6 Å². The number of fused-ring (bicyclic) bond motifs is 1. The molecule has 0 saturated heterocycles. The summed E-state index contributed by atoms with van der Waals surface area (Å²) in [5, 5.41) is 5.70. The minimum atomic E-state index is -0.208. The smallest absolute Gasteiger partial charge is 0.282 e. The Balaban J connectivity index is 1.66. The van der Waals surface area contributed by atoms with Crippen LogP contribution in [0.4, 0.5) is 0 Å². The molecule has 0 amide bonds. The second-order valence-electron chi connectivity index (χ2n) is 7.75. The summed E-state index contributed by atoms with van der Waals surface area (Å²) in [5.41, 5.74) is 2.22. The molecule has 0 bridgehead atoms. The Kier molecular flexibility index (Phi) is 8.46. The van der Waals surface area contributed by atoms with E-state index in [-0.39, 0.29) is 5.56 Å². The van der Waals surface area contributed by atoms with Crippen molar-refractivity contribution in [1.29, 1.82) is 0 Å². The van der Waals surface area contributed by atoms with Gasteiger partial charge in [0.15, 0.2) is 11.5 Å². The van der Waals surface area contributed by atoms with Crippen LogP contribution in [0.3, 0.4) is 0 Å². The Hall–Kier alpha value is -2.43. The number of aryl methyl sites for hydroxylation is 1. The highest BCUT2D eigenvalue weighted by atomic mass is 127. The number of ether oxygens (including phenoxy) is 2. The zero-order valence-electron chi connectivity index (χ0n) is 19.1. The predicted molar refractivity (Wildman–Crippen MR) is 152 cm³/mol. The highest BCUT2D eigenvalue weighted by Gasteiger charge is 2.13. The number of aromatic nitrogens is 2. The standard InChI is InChI=1S/C26H22BrClIN3O3/c1-3-4-24-31-22-10-7-18(27)13-20(22)26(33)32(24)30-14-17-11-21(29)25(23(12-17)34-2)35-15-16-5-8-19(28)9-6-16/h5-14H,3-4,15H2,1-2H3. The fraction of sp³-hybridized carbons (Fsp3) is 0.192. The van der Waals surface area contributed by atoms with E-state index in [1.54, 1.807) is 19.4 Å². The van der Waals surface area contributed by atoms with Gasteiger partial charge in [-0.3, -0.25) is 4.79 Å². The van der Waals surface area contributed by atoms with Crippen molar-refractivity contribution in [3.05, 3.63) is 95.0 Å². The van der Waals surface area contributed by atoms with Gasteiger partial charge in [0, 0.05) is 15.9 Å². The van der Waals surface area contributed by atoms with Crippen LogP contribution in [-0.2, 0) is 13.0 Å². The summed E-state index contributed by atoms with van der Waals surface area (Å²) in [6, 6.07) is 16.7. The Morgan fingerprint density at radius 1 is 1.17 bits per heavy atom. The summed E-state index contributed by atoms with van der Waals surface area (Å²) in [4.78, 5) is 17.9. The molecular formula is C26H22BrClIN3O3. The number of halogens is 3. The van der Waals surface area contributed by atoms with Gasteiger partial charge in [0.25, 0.3) is 5.56 Å². The Bertz CT molecular complexity index is 1460. The molecule has 3 aromatic carbocycles. The molecule has 4 aromatic rings. The van der Waals surface area contributed by atoms with Crippen molar-refractivity contribution in [1.82, 2.24) is 9.66 Å². The molecule has 0 spiro atoms. The Morgan fingerprint density at radius 2 is 1.94 bits per heavy atom. The van der Waals surface area contributed by atoms with Crippen molar-refractivity contribution in [2.45, 2.75) is 26.4 Å². The first-order chi connectivity index (χ1) is 16.9. The highest BCUT2D eigenvalue weighted by molar-refractivity contribution is 14.1. The zero-order chi connectivity index (χ0) is 24.9. The molecule has 0 atom stereocenters. The molecule has 180 valence electrons. The van der Waals surface area contributed by atoms with Crippen LogP contribution in [0.15, 0.2) is 69.0 Å². The van der Waals surface area contributed by atoms with E-state index < -0.39 is 0 Å². The molecule has 6 nitrogen and oxygen atoms in total. The van der Waals surface area contributed by atoms with Crippen LogP contribution in [0.1, 0.15) is 30.3 Å². The van der Waals surface area contributed by atoms with Gasteiger partial charge < -0.3 is 9.47 Å². The minimum Gasteiger partial charge on any atom is -0.493 e. The molecule has 0 radical (unpaired) electrons. The van der Waals surface area contributed by atoms with Gasteiger partial charge in [0.2, 0.25) is 0 Å². The maximum absolute atomic E-state index is 13.2. The van der Waals surface area contributed by atoms with E-state index in [0.717, 1.165) is 25.6 Å². The number of benzene rings is 3. The van der Waals surface area contributed by atoms with Crippen LogP contribution in [0, 0.1) is 3.57 Å². The predicted octanol–water partition coefficient (Wildman–Crippen LogP) is 6.84. The van der Waals surface area contributed by atoms with Crippen molar-refractivity contribution in [3.8, 4) is 11.5 Å². The van der Waals surface area contributed by atoms with Crippen LogP contribution >= 0.6 is 50.1 Å². The molecular weight excluding hydrogens is 645 g/mol. The summed E-state index contributed by atoms with van der Waals surface area (Å²) in [5.74, 6) is 1.84. The van der Waals surface area contributed by atoms with Gasteiger partial charge in [-0.25, -0.2) is 4.98 Å². The third-order valence-electron chi connectivity index (χ3n) is 5.22. The first-order valence-electron chi connectivity index (χ1n) is 10.9. The topological polar surface area (TPSA) is 65.7 Å². The Morgan fingerprint density at radius 3 is 2.66 bits per heavy atom. The first kappa shape index (κ1) is 25.7. The summed E-state index contributed by atoms with van der Waals surface area (Å²) in [6.07, 6.45) is 3.12. The van der Waals surface area contributed by atoms with Crippen molar-refractivity contribution in [2.24, 2.45) is 5.10 Å². The zero-order valence-corrected chi connectivity index (χ0v) is 23.6. The van der Waals surface area contributed by atoms with Gasteiger partial charge in [0.1, 0.15) is 12.4 Å². The van der Waals surface area contributed by atoms with Crippen LogP contribution in [0.25, 0.3) is 10.9 Å². The number of rotatable bonds is 8. The fourth-order valence-corrected chi connectivity index (χ4v) is 4.78. The van der Waals surface area contributed by atoms with E-state index in [1.165, 1.54) is 4.68 Å². The summed E-state index contributed by atoms with van der Waals surface area (Å²) in [6.45, 7) is 2.42. The molecule has 0 fully saturated rings. The second kappa shape index (κ2) is 11.5. The van der Waals surface area contributed by atoms with E-state index >= 15 is 0 Å². The van der Waals surface area contributed by atoms with E-state index in [1.807, 2.05) is 55.5 Å². The maximum atomic E-state index is 13.2. The molecule has 0 aliphatic heterocycles. The van der Waals surface area contributed by atoms with E-state index in [4.69, 9.17) is 21.1 Å². The summed E-state index contributed by atoms with van der Waals surface area (Å²) < 4.78 is 14.7. The third kappa shape index (κ3) is 6.05. The monoisotopic (exact) mass is 665 g/mol. The highest BCUT2D eigenvalue weighted by Crippen LogP contribution is 2.34. The molecule has 0 aliphatic rings.